The Morgan fingerprint density at radius 1 is 1.07 bits per heavy atom. The average Bonchev–Trinajstić information content (AvgIpc) is 2.92. The van der Waals surface area contributed by atoms with Crippen LogP contribution in [-0.4, -0.2) is 37.4 Å². The molecule has 0 spiro atoms. The van der Waals surface area contributed by atoms with Gasteiger partial charge in [-0.1, -0.05) is 11.6 Å². The number of hydrogen-bond acceptors (Lipinski definition) is 5. The molecule has 2 N–H and O–H groups in total. The van der Waals surface area contributed by atoms with Crippen LogP contribution in [0.4, 0.5) is 4.79 Å². The number of ether oxygens (including phenoxy) is 2. The predicted molar refractivity (Wildman–Crippen MR) is 105 cm³/mol. The van der Waals surface area contributed by atoms with E-state index in [0.29, 0.717) is 25.5 Å². The summed E-state index contributed by atoms with van der Waals surface area (Å²) in [7, 11) is 0. The van der Waals surface area contributed by atoms with Gasteiger partial charge in [0.2, 0.25) is 5.91 Å². The summed E-state index contributed by atoms with van der Waals surface area (Å²) in [5, 5.41) is 5.12. The largest absolute Gasteiger partial charge is 0.490 e. The number of carbonyl (C=O) groups excluding carboxylic acids is 2. The van der Waals surface area contributed by atoms with Gasteiger partial charge in [0.1, 0.15) is 0 Å². The molecule has 0 aromatic heterocycles. The number of carbonyl (C=O) groups is 2. The Kier molecular flexibility index (Phi) is 7.45. The minimum Gasteiger partial charge on any atom is -0.490 e. The van der Waals surface area contributed by atoms with Gasteiger partial charge in [0.25, 0.3) is 0 Å². The molecule has 27 heavy (non-hydrogen) atoms. The second kappa shape index (κ2) is 10.3. The number of fused-ring (bicyclic) bond motifs is 1. The molecule has 2 aliphatic rings. The van der Waals surface area contributed by atoms with E-state index in [4.69, 9.17) is 9.47 Å². The molecule has 1 heterocycles. The molecule has 6 nitrogen and oxygen atoms in total. The number of hydrogen-bond donors (Lipinski definition) is 2. The van der Waals surface area contributed by atoms with Gasteiger partial charge in [-0.2, -0.15) is 0 Å². The second-order valence-corrected chi connectivity index (χ2v) is 7.66. The number of urea groups is 1. The highest BCUT2D eigenvalue weighted by Gasteiger charge is 2.13. The Labute approximate surface area is 164 Å². The van der Waals surface area contributed by atoms with Crippen molar-refractivity contribution in [3.8, 4) is 11.5 Å². The van der Waals surface area contributed by atoms with Crippen molar-refractivity contribution >= 4 is 23.7 Å². The molecule has 1 aromatic rings. The van der Waals surface area contributed by atoms with E-state index in [1.807, 2.05) is 18.2 Å². The average molecular weight is 391 g/mol. The summed E-state index contributed by atoms with van der Waals surface area (Å²) in [6, 6.07) is 5.18. The zero-order valence-electron chi connectivity index (χ0n) is 15.4. The van der Waals surface area contributed by atoms with Gasteiger partial charge in [-0.05, 0) is 50.3 Å². The van der Waals surface area contributed by atoms with Gasteiger partial charge >= 0.3 is 6.03 Å². The van der Waals surface area contributed by atoms with Crippen molar-refractivity contribution in [3.05, 3.63) is 29.8 Å². The predicted octanol–water partition coefficient (Wildman–Crippen LogP) is 3.66. The van der Waals surface area contributed by atoms with E-state index >= 15 is 0 Å². The van der Waals surface area contributed by atoms with Crippen molar-refractivity contribution in [1.29, 1.82) is 0 Å². The fourth-order valence-electron chi connectivity index (χ4n) is 3.06. The standard InChI is InChI=1S/C20H26N2O4S/c23-19(22-20(24)21-10-9-15-5-2-1-3-6-15)14-27-16-7-8-17-18(13-16)26-12-4-11-25-17/h5,7-8,13H,1-4,6,9-12,14H2,(H2,21,22,23,24). The minimum atomic E-state index is -0.435. The lowest BCUT2D eigenvalue weighted by Crippen LogP contribution is -2.40. The maximum atomic E-state index is 12.0. The quantitative estimate of drug-likeness (QED) is 0.573. The summed E-state index contributed by atoms with van der Waals surface area (Å²) in [6.07, 6.45) is 8.71. The summed E-state index contributed by atoms with van der Waals surface area (Å²) in [4.78, 5) is 24.7. The van der Waals surface area contributed by atoms with E-state index in [2.05, 4.69) is 16.7 Å². The van der Waals surface area contributed by atoms with Gasteiger partial charge in [-0.25, -0.2) is 4.79 Å². The minimum absolute atomic E-state index is 0.165. The lowest BCUT2D eigenvalue weighted by Gasteiger charge is -2.13. The Hall–Kier alpha value is -2.15. The van der Waals surface area contributed by atoms with Crippen molar-refractivity contribution < 1.29 is 19.1 Å². The number of imide groups is 1. The van der Waals surface area contributed by atoms with E-state index < -0.39 is 6.03 Å². The highest BCUT2D eigenvalue weighted by Crippen LogP contribution is 2.33. The summed E-state index contributed by atoms with van der Waals surface area (Å²) >= 11 is 1.36. The Balaban J connectivity index is 1.37. The second-order valence-electron chi connectivity index (χ2n) is 6.61. The smallest absolute Gasteiger partial charge is 0.321 e. The maximum absolute atomic E-state index is 12.0. The van der Waals surface area contributed by atoms with Gasteiger partial charge < -0.3 is 14.8 Å². The highest BCUT2D eigenvalue weighted by molar-refractivity contribution is 8.00. The van der Waals surface area contributed by atoms with Crippen LogP contribution >= 0.6 is 11.8 Å². The van der Waals surface area contributed by atoms with Crippen LogP contribution < -0.4 is 20.1 Å². The lowest BCUT2D eigenvalue weighted by molar-refractivity contribution is -0.117. The summed E-state index contributed by atoms with van der Waals surface area (Å²) in [6.45, 7) is 1.83. The van der Waals surface area contributed by atoms with E-state index in [-0.39, 0.29) is 11.7 Å². The number of benzene rings is 1. The molecule has 0 saturated carbocycles. The number of nitrogens with one attached hydrogen (secondary N) is 2. The topological polar surface area (TPSA) is 76.7 Å². The maximum Gasteiger partial charge on any atom is 0.321 e. The van der Waals surface area contributed by atoms with Gasteiger partial charge in [0, 0.05) is 17.9 Å². The van der Waals surface area contributed by atoms with Crippen molar-refractivity contribution in [3.63, 3.8) is 0 Å². The normalized spacial score (nSPS) is 16.1. The van der Waals surface area contributed by atoms with E-state index in [9.17, 15) is 9.59 Å². The first-order chi connectivity index (χ1) is 13.2. The number of rotatable bonds is 6. The third-order valence-electron chi connectivity index (χ3n) is 4.46. The van der Waals surface area contributed by atoms with Crippen molar-refractivity contribution in [1.82, 2.24) is 10.6 Å². The molecule has 0 bridgehead atoms. The fraction of sp³-hybridized carbons (Fsp3) is 0.500. The van der Waals surface area contributed by atoms with Gasteiger partial charge in [-0.3, -0.25) is 10.1 Å². The number of amides is 3. The van der Waals surface area contributed by atoms with E-state index in [1.54, 1.807) is 0 Å². The molecule has 0 unspecified atom stereocenters. The molecule has 7 heteroatoms. The highest BCUT2D eigenvalue weighted by atomic mass is 32.2. The number of allylic oxidation sites excluding steroid dienone is 1. The number of thioether (sulfide) groups is 1. The molecule has 0 saturated heterocycles. The third-order valence-corrected chi connectivity index (χ3v) is 5.45. The van der Waals surface area contributed by atoms with Crippen molar-refractivity contribution in [2.75, 3.05) is 25.5 Å². The molecule has 1 aliphatic heterocycles. The van der Waals surface area contributed by atoms with Crippen LogP contribution in [0.25, 0.3) is 0 Å². The van der Waals surface area contributed by atoms with Crippen molar-refractivity contribution in [2.24, 2.45) is 0 Å². The van der Waals surface area contributed by atoms with Crippen LogP contribution in [0.15, 0.2) is 34.7 Å². The molecule has 1 aromatic carbocycles. The fourth-order valence-corrected chi connectivity index (χ4v) is 3.78. The van der Waals surface area contributed by atoms with Crippen LogP contribution in [0.1, 0.15) is 38.5 Å². The molecule has 0 radical (unpaired) electrons. The Morgan fingerprint density at radius 3 is 2.74 bits per heavy atom. The van der Waals surface area contributed by atoms with Gasteiger partial charge in [0.05, 0.1) is 19.0 Å². The van der Waals surface area contributed by atoms with Crippen LogP contribution in [0.2, 0.25) is 0 Å². The molecule has 0 atom stereocenters. The van der Waals surface area contributed by atoms with Crippen LogP contribution in [0.3, 0.4) is 0 Å². The summed E-state index contributed by atoms with van der Waals surface area (Å²) in [5.41, 5.74) is 1.40. The van der Waals surface area contributed by atoms with Gasteiger partial charge in [0.15, 0.2) is 11.5 Å². The molecule has 3 amide bonds. The zero-order chi connectivity index (χ0) is 18.9. The first-order valence-corrected chi connectivity index (χ1v) is 10.5. The van der Waals surface area contributed by atoms with Crippen LogP contribution in [0, 0.1) is 0 Å². The van der Waals surface area contributed by atoms with Gasteiger partial charge in [-0.15, -0.1) is 11.8 Å². The Bertz CT molecular complexity index is 705. The monoisotopic (exact) mass is 390 g/mol. The molecule has 0 fully saturated rings. The first kappa shape index (κ1) is 19.6. The lowest BCUT2D eigenvalue weighted by atomic mass is 9.97. The van der Waals surface area contributed by atoms with Crippen molar-refractivity contribution in [2.45, 2.75) is 43.4 Å². The molecule has 146 valence electrons. The zero-order valence-corrected chi connectivity index (χ0v) is 16.2. The third kappa shape index (κ3) is 6.50. The SMILES string of the molecule is O=C(CSc1ccc2c(c1)OCCCO2)NC(=O)NCCC1=CCCCC1. The van der Waals surface area contributed by atoms with Crippen LogP contribution in [-0.2, 0) is 4.79 Å². The Morgan fingerprint density at radius 2 is 1.93 bits per heavy atom. The molecular formula is C20H26N2O4S. The summed E-state index contributed by atoms with van der Waals surface area (Å²) < 4.78 is 11.2. The molecular weight excluding hydrogens is 364 g/mol. The molecule has 3 rings (SSSR count). The van der Waals surface area contributed by atoms with Crippen LogP contribution in [0.5, 0.6) is 11.5 Å². The van der Waals surface area contributed by atoms with E-state index in [1.165, 1.54) is 30.2 Å². The summed E-state index contributed by atoms with van der Waals surface area (Å²) in [5.74, 6) is 1.28. The first-order valence-electron chi connectivity index (χ1n) is 9.49. The van der Waals surface area contributed by atoms with E-state index in [0.717, 1.165) is 36.3 Å². The molecule has 1 aliphatic carbocycles.